The summed E-state index contributed by atoms with van der Waals surface area (Å²) in [6.07, 6.45) is 5.00. The number of hydrogen-bond donors (Lipinski definition) is 2. The summed E-state index contributed by atoms with van der Waals surface area (Å²) >= 11 is 0. The lowest BCUT2D eigenvalue weighted by molar-refractivity contribution is 0.0861. The number of hydrogen-bond acceptors (Lipinski definition) is 5. The SMILES string of the molecule is CCCNc1cnc(C(=O)NC2CCOC2C)cn1. The van der Waals surface area contributed by atoms with Crippen LogP contribution in [0.5, 0.6) is 0 Å². The Labute approximate surface area is 113 Å². The van der Waals surface area contributed by atoms with Crippen molar-refractivity contribution >= 4 is 11.7 Å². The summed E-state index contributed by atoms with van der Waals surface area (Å²) in [6, 6.07) is 0.0622. The van der Waals surface area contributed by atoms with E-state index >= 15 is 0 Å². The molecule has 2 rings (SSSR count). The lowest BCUT2D eigenvalue weighted by Gasteiger charge is -2.15. The number of carbonyl (C=O) groups is 1. The van der Waals surface area contributed by atoms with Crippen molar-refractivity contribution in [3.63, 3.8) is 0 Å². The van der Waals surface area contributed by atoms with E-state index in [1.54, 1.807) is 6.20 Å². The summed E-state index contributed by atoms with van der Waals surface area (Å²) in [5.74, 6) is 0.493. The molecule has 2 atom stereocenters. The minimum Gasteiger partial charge on any atom is -0.376 e. The van der Waals surface area contributed by atoms with Crippen molar-refractivity contribution in [2.24, 2.45) is 0 Å². The molecule has 1 aromatic heterocycles. The second-order valence-electron chi connectivity index (χ2n) is 4.66. The fraction of sp³-hybridized carbons (Fsp3) is 0.615. The van der Waals surface area contributed by atoms with Crippen LogP contribution in [-0.2, 0) is 4.74 Å². The Kier molecular flexibility index (Phi) is 4.68. The molecule has 1 aliphatic rings. The van der Waals surface area contributed by atoms with Crippen LogP contribution in [0.2, 0.25) is 0 Å². The monoisotopic (exact) mass is 264 g/mol. The summed E-state index contributed by atoms with van der Waals surface area (Å²) < 4.78 is 5.40. The first-order valence-corrected chi connectivity index (χ1v) is 6.69. The topological polar surface area (TPSA) is 76.1 Å². The van der Waals surface area contributed by atoms with Gasteiger partial charge in [0.05, 0.1) is 24.5 Å². The van der Waals surface area contributed by atoms with Crippen LogP contribution in [0, 0.1) is 0 Å². The van der Waals surface area contributed by atoms with E-state index in [1.165, 1.54) is 6.20 Å². The van der Waals surface area contributed by atoms with E-state index in [0.29, 0.717) is 18.1 Å². The largest absolute Gasteiger partial charge is 0.376 e. The van der Waals surface area contributed by atoms with Gasteiger partial charge in [0.25, 0.3) is 5.91 Å². The van der Waals surface area contributed by atoms with E-state index in [2.05, 4.69) is 27.5 Å². The third-order valence-corrected chi connectivity index (χ3v) is 3.13. The van der Waals surface area contributed by atoms with Crippen LogP contribution in [0.1, 0.15) is 37.2 Å². The number of amides is 1. The highest BCUT2D eigenvalue weighted by Crippen LogP contribution is 2.13. The van der Waals surface area contributed by atoms with Crippen LogP contribution in [0.4, 0.5) is 5.82 Å². The minimum atomic E-state index is -0.197. The van der Waals surface area contributed by atoms with E-state index in [1.807, 2.05) is 6.92 Å². The molecule has 2 N–H and O–H groups in total. The van der Waals surface area contributed by atoms with E-state index in [-0.39, 0.29) is 18.1 Å². The molecule has 0 spiro atoms. The molecule has 0 aromatic carbocycles. The minimum absolute atomic E-state index is 0.0578. The van der Waals surface area contributed by atoms with Gasteiger partial charge in [-0.05, 0) is 19.8 Å². The van der Waals surface area contributed by atoms with Crippen LogP contribution in [-0.4, -0.2) is 41.2 Å². The van der Waals surface area contributed by atoms with Gasteiger partial charge >= 0.3 is 0 Å². The van der Waals surface area contributed by atoms with Crippen molar-refractivity contribution in [2.45, 2.75) is 38.8 Å². The van der Waals surface area contributed by atoms with Gasteiger partial charge in [0.15, 0.2) is 0 Å². The highest BCUT2D eigenvalue weighted by Gasteiger charge is 2.26. The van der Waals surface area contributed by atoms with Crippen molar-refractivity contribution in [3.05, 3.63) is 18.1 Å². The first kappa shape index (κ1) is 13.7. The van der Waals surface area contributed by atoms with Gasteiger partial charge in [-0.2, -0.15) is 0 Å². The predicted octanol–water partition coefficient (Wildman–Crippen LogP) is 1.21. The van der Waals surface area contributed by atoms with Crippen molar-refractivity contribution in [3.8, 4) is 0 Å². The maximum atomic E-state index is 12.0. The fourth-order valence-electron chi connectivity index (χ4n) is 1.95. The molecule has 1 aliphatic heterocycles. The zero-order valence-corrected chi connectivity index (χ0v) is 11.3. The van der Waals surface area contributed by atoms with E-state index < -0.39 is 0 Å². The normalized spacial score (nSPS) is 22.2. The average molecular weight is 264 g/mol. The first-order chi connectivity index (χ1) is 9.20. The molecular weight excluding hydrogens is 244 g/mol. The molecule has 104 valence electrons. The van der Waals surface area contributed by atoms with Gasteiger partial charge in [-0.15, -0.1) is 0 Å². The molecule has 0 radical (unpaired) electrons. The quantitative estimate of drug-likeness (QED) is 0.836. The Morgan fingerprint density at radius 2 is 2.32 bits per heavy atom. The number of rotatable bonds is 5. The van der Waals surface area contributed by atoms with Gasteiger partial charge in [-0.25, -0.2) is 9.97 Å². The summed E-state index contributed by atoms with van der Waals surface area (Å²) in [5.41, 5.74) is 0.334. The number of carbonyl (C=O) groups excluding carboxylic acids is 1. The van der Waals surface area contributed by atoms with Crippen LogP contribution in [0.25, 0.3) is 0 Å². The van der Waals surface area contributed by atoms with E-state index in [9.17, 15) is 4.79 Å². The van der Waals surface area contributed by atoms with Crippen LogP contribution < -0.4 is 10.6 Å². The third kappa shape index (κ3) is 3.64. The van der Waals surface area contributed by atoms with Crippen LogP contribution in [0.15, 0.2) is 12.4 Å². The van der Waals surface area contributed by atoms with Gasteiger partial charge in [0.1, 0.15) is 11.5 Å². The molecule has 1 fully saturated rings. The van der Waals surface area contributed by atoms with E-state index in [4.69, 9.17) is 4.74 Å². The Bertz CT molecular complexity index is 421. The predicted molar refractivity (Wildman–Crippen MR) is 72.1 cm³/mol. The smallest absolute Gasteiger partial charge is 0.271 e. The zero-order valence-electron chi connectivity index (χ0n) is 11.3. The maximum Gasteiger partial charge on any atom is 0.271 e. The highest BCUT2D eigenvalue weighted by atomic mass is 16.5. The van der Waals surface area contributed by atoms with Crippen molar-refractivity contribution in [2.75, 3.05) is 18.5 Å². The zero-order chi connectivity index (χ0) is 13.7. The highest BCUT2D eigenvalue weighted by molar-refractivity contribution is 5.92. The Morgan fingerprint density at radius 3 is 2.89 bits per heavy atom. The van der Waals surface area contributed by atoms with E-state index in [0.717, 1.165) is 19.4 Å². The van der Waals surface area contributed by atoms with Gasteiger partial charge < -0.3 is 15.4 Å². The molecule has 2 heterocycles. The molecule has 19 heavy (non-hydrogen) atoms. The molecule has 6 heteroatoms. The Morgan fingerprint density at radius 1 is 1.47 bits per heavy atom. The van der Waals surface area contributed by atoms with Crippen molar-refractivity contribution < 1.29 is 9.53 Å². The van der Waals surface area contributed by atoms with Crippen LogP contribution >= 0.6 is 0 Å². The Hall–Kier alpha value is -1.69. The van der Waals surface area contributed by atoms with Gasteiger partial charge in [-0.1, -0.05) is 6.92 Å². The average Bonchev–Trinajstić information content (AvgIpc) is 2.82. The summed E-state index contributed by atoms with van der Waals surface area (Å²) in [5, 5.41) is 6.04. The molecule has 6 nitrogen and oxygen atoms in total. The molecule has 2 unspecified atom stereocenters. The molecular formula is C13H20N4O2. The summed E-state index contributed by atoms with van der Waals surface area (Å²) in [7, 11) is 0. The van der Waals surface area contributed by atoms with Crippen molar-refractivity contribution in [1.29, 1.82) is 0 Å². The molecule has 0 saturated carbocycles. The number of anilines is 1. The lowest BCUT2D eigenvalue weighted by Crippen LogP contribution is -2.39. The fourth-order valence-corrected chi connectivity index (χ4v) is 1.95. The summed E-state index contributed by atoms with van der Waals surface area (Å²) in [6.45, 7) is 5.57. The molecule has 1 amide bonds. The number of nitrogens with one attached hydrogen (secondary N) is 2. The van der Waals surface area contributed by atoms with Gasteiger partial charge in [0.2, 0.25) is 0 Å². The lowest BCUT2D eigenvalue weighted by atomic mass is 10.1. The van der Waals surface area contributed by atoms with Gasteiger partial charge in [-0.3, -0.25) is 4.79 Å². The Balaban J connectivity index is 1.91. The molecule has 0 bridgehead atoms. The summed E-state index contributed by atoms with van der Waals surface area (Å²) in [4.78, 5) is 20.3. The second-order valence-corrected chi connectivity index (χ2v) is 4.66. The van der Waals surface area contributed by atoms with Crippen LogP contribution in [0.3, 0.4) is 0 Å². The maximum absolute atomic E-state index is 12.0. The van der Waals surface area contributed by atoms with Crippen molar-refractivity contribution in [1.82, 2.24) is 15.3 Å². The molecule has 1 aromatic rings. The van der Waals surface area contributed by atoms with Gasteiger partial charge in [0, 0.05) is 13.2 Å². The first-order valence-electron chi connectivity index (χ1n) is 6.69. The standard InChI is InChI=1S/C13H20N4O2/c1-3-5-14-12-8-15-11(7-16-12)13(18)17-10-4-6-19-9(10)2/h7-10H,3-6H2,1-2H3,(H,14,16)(H,17,18). The molecule has 0 aliphatic carbocycles. The third-order valence-electron chi connectivity index (χ3n) is 3.13. The number of nitrogens with zero attached hydrogens (tertiary/aromatic N) is 2. The molecule has 1 saturated heterocycles. The second kappa shape index (κ2) is 6.47. The number of aromatic nitrogens is 2. The number of ether oxygens (including phenoxy) is 1.